The molecular formula is C49H29NS. The van der Waals surface area contributed by atoms with Crippen molar-refractivity contribution in [2.45, 2.75) is 5.41 Å². The van der Waals surface area contributed by atoms with Gasteiger partial charge in [-0.15, -0.1) is 11.3 Å². The van der Waals surface area contributed by atoms with Crippen LogP contribution in [0.2, 0.25) is 0 Å². The van der Waals surface area contributed by atoms with E-state index in [4.69, 9.17) is 0 Å². The third kappa shape index (κ3) is 3.50. The van der Waals surface area contributed by atoms with Gasteiger partial charge in [0.15, 0.2) is 0 Å². The molecule has 0 bridgehead atoms. The van der Waals surface area contributed by atoms with Crippen LogP contribution < -0.4 is 4.90 Å². The summed E-state index contributed by atoms with van der Waals surface area (Å²) >= 11 is 1.86. The molecule has 0 saturated carbocycles. The van der Waals surface area contributed by atoms with E-state index in [0.29, 0.717) is 0 Å². The van der Waals surface area contributed by atoms with E-state index in [1.54, 1.807) is 0 Å². The third-order valence-electron chi connectivity index (χ3n) is 11.6. The average Bonchev–Trinajstić information content (AvgIpc) is 3.90. The predicted molar refractivity (Wildman–Crippen MR) is 215 cm³/mol. The van der Waals surface area contributed by atoms with Crippen molar-refractivity contribution in [1.82, 2.24) is 0 Å². The zero-order valence-electron chi connectivity index (χ0n) is 27.6. The van der Waals surface area contributed by atoms with Crippen molar-refractivity contribution in [1.29, 1.82) is 0 Å². The summed E-state index contributed by atoms with van der Waals surface area (Å²) in [6, 6.07) is 65.6. The molecule has 3 aliphatic carbocycles. The maximum Gasteiger partial charge on any atom is 0.0737 e. The Morgan fingerprint density at radius 3 is 1.71 bits per heavy atom. The molecule has 12 rings (SSSR count). The lowest BCUT2D eigenvalue weighted by Gasteiger charge is -2.28. The summed E-state index contributed by atoms with van der Waals surface area (Å²) in [5.41, 5.74) is 19.6. The number of fused-ring (bicyclic) bond motifs is 8. The molecule has 8 aromatic carbocycles. The van der Waals surface area contributed by atoms with Crippen LogP contribution >= 0.6 is 11.3 Å². The van der Waals surface area contributed by atoms with E-state index < -0.39 is 0 Å². The Balaban J connectivity index is 1.01. The first-order valence-electron chi connectivity index (χ1n) is 17.7. The number of hydrogen-bond donors (Lipinski definition) is 0. The maximum absolute atomic E-state index is 2.49. The highest BCUT2D eigenvalue weighted by Gasteiger charge is 2.57. The number of thiophene rings is 1. The van der Waals surface area contributed by atoms with Crippen LogP contribution in [0.15, 0.2) is 176 Å². The Labute approximate surface area is 300 Å². The zero-order chi connectivity index (χ0) is 33.3. The van der Waals surface area contributed by atoms with Crippen molar-refractivity contribution in [3.63, 3.8) is 0 Å². The summed E-state index contributed by atoms with van der Waals surface area (Å²) in [5, 5.41) is 2.62. The van der Waals surface area contributed by atoms with Crippen molar-refractivity contribution in [3.8, 4) is 44.5 Å². The van der Waals surface area contributed by atoms with Gasteiger partial charge in [0.1, 0.15) is 0 Å². The topological polar surface area (TPSA) is 3.24 Å². The summed E-state index contributed by atoms with van der Waals surface area (Å²) in [5.74, 6) is 0. The summed E-state index contributed by atoms with van der Waals surface area (Å²) < 4.78 is 2.64. The molecule has 236 valence electrons. The Kier molecular flexibility index (Phi) is 5.38. The van der Waals surface area contributed by atoms with Crippen molar-refractivity contribution in [3.05, 3.63) is 198 Å². The first kappa shape index (κ1) is 27.6. The number of anilines is 3. The van der Waals surface area contributed by atoms with E-state index >= 15 is 0 Å². The minimum Gasteiger partial charge on any atom is -0.310 e. The molecule has 1 spiro atoms. The summed E-state index contributed by atoms with van der Waals surface area (Å²) in [6.45, 7) is 0. The van der Waals surface area contributed by atoms with Crippen LogP contribution in [-0.2, 0) is 5.41 Å². The molecule has 51 heavy (non-hydrogen) atoms. The van der Waals surface area contributed by atoms with E-state index in [1.165, 1.54) is 86.9 Å². The molecule has 0 radical (unpaired) electrons. The molecule has 0 aliphatic heterocycles. The molecule has 1 unspecified atom stereocenters. The standard InChI is InChI=1S/C49H29NS/c1-2-10-32(11-3-1)50(34-25-27-46-42(29-34)37-13-5-7-19-45(37)51-46)33-23-20-30(21-24-33)31-22-26-36-39-15-9-17-41-40-16-8-14-38-35-12-4-6-18-43(35)49(47(38)40,48(39)41)44(36)28-31/h1-29H. The molecule has 0 fully saturated rings. The second kappa shape index (κ2) is 9.94. The Bertz CT molecular complexity index is 2880. The predicted octanol–water partition coefficient (Wildman–Crippen LogP) is 13.5. The molecule has 9 aromatic rings. The normalized spacial score (nSPS) is 15.5. The van der Waals surface area contributed by atoms with E-state index in [9.17, 15) is 0 Å². The van der Waals surface area contributed by atoms with Crippen LogP contribution in [0.3, 0.4) is 0 Å². The molecule has 1 heterocycles. The maximum atomic E-state index is 2.49. The highest BCUT2D eigenvalue weighted by atomic mass is 32.1. The number of nitrogens with zero attached hydrogens (tertiary/aromatic N) is 1. The van der Waals surface area contributed by atoms with Crippen LogP contribution in [0.1, 0.15) is 22.3 Å². The Morgan fingerprint density at radius 1 is 0.353 bits per heavy atom. The van der Waals surface area contributed by atoms with Crippen molar-refractivity contribution in [2.24, 2.45) is 0 Å². The van der Waals surface area contributed by atoms with E-state index in [-0.39, 0.29) is 5.41 Å². The average molecular weight is 664 g/mol. The number of hydrogen-bond acceptors (Lipinski definition) is 2. The fourth-order valence-electron chi connectivity index (χ4n) is 9.61. The third-order valence-corrected chi connectivity index (χ3v) is 12.7. The van der Waals surface area contributed by atoms with Gasteiger partial charge < -0.3 is 4.90 Å². The van der Waals surface area contributed by atoms with Crippen LogP contribution in [-0.4, -0.2) is 0 Å². The fraction of sp³-hybridized carbons (Fsp3) is 0.0204. The minimum absolute atomic E-state index is 0.270. The van der Waals surface area contributed by atoms with Crippen molar-refractivity contribution in [2.75, 3.05) is 4.90 Å². The van der Waals surface area contributed by atoms with Gasteiger partial charge >= 0.3 is 0 Å². The second-order valence-electron chi connectivity index (χ2n) is 14.0. The van der Waals surface area contributed by atoms with Gasteiger partial charge in [0, 0.05) is 37.2 Å². The zero-order valence-corrected chi connectivity index (χ0v) is 28.4. The molecule has 2 heteroatoms. The molecular weight excluding hydrogens is 635 g/mol. The lowest BCUT2D eigenvalue weighted by atomic mass is 9.73. The summed E-state index contributed by atoms with van der Waals surface area (Å²) in [7, 11) is 0. The van der Waals surface area contributed by atoms with Crippen molar-refractivity contribution >= 4 is 48.6 Å². The highest BCUT2D eigenvalue weighted by molar-refractivity contribution is 7.25. The summed E-state index contributed by atoms with van der Waals surface area (Å²) in [4.78, 5) is 2.38. The second-order valence-corrected chi connectivity index (χ2v) is 15.1. The van der Waals surface area contributed by atoms with Crippen LogP contribution in [0, 0.1) is 0 Å². The van der Waals surface area contributed by atoms with Gasteiger partial charge in [-0.1, -0.05) is 121 Å². The van der Waals surface area contributed by atoms with Gasteiger partial charge in [-0.05, 0) is 121 Å². The van der Waals surface area contributed by atoms with Crippen molar-refractivity contribution < 1.29 is 0 Å². The molecule has 0 N–H and O–H groups in total. The Hall–Kier alpha value is -6.22. The highest BCUT2D eigenvalue weighted by Crippen LogP contribution is 2.70. The summed E-state index contributed by atoms with van der Waals surface area (Å²) in [6.07, 6.45) is 0. The van der Waals surface area contributed by atoms with E-state index in [1.807, 2.05) is 11.3 Å². The van der Waals surface area contributed by atoms with Gasteiger partial charge in [0.05, 0.1) is 5.41 Å². The first-order chi connectivity index (χ1) is 25.3. The van der Waals surface area contributed by atoms with Crippen LogP contribution in [0.5, 0.6) is 0 Å². The van der Waals surface area contributed by atoms with Gasteiger partial charge in [0.2, 0.25) is 0 Å². The lowest BCUT2D eigenvalue weighted by molar-refractivity contribution is 0.818. The van der Waals surface area contributed by atoms with Gasteiger partial charge in [-0.2, -0.15) is 0 Å². The van der Waals surface area contributed by atoms with Gasteiger partial charge in [0.25, 0.3) is 0 Å². The van der Waals surface area contributed by atoms with Crippen LogP contribution in [0.25, 0.3) is 64.7 Å². The van der Waals surface area contributed by atoms with E-state index in [0.717, 1.165) is 17.1 Å². The Morgan fingerprint density at radius 2 is 0.922 bits per heavy atom. The number of rotatable bonds is 4. The minimum atomic E-state index is -0.270. The van der Waals surface area contributed by atoms with Gasteiger partial charge in [-0.3, -0.25) is 0 Å². The number of para-hydroxylation sites is 1. The smallest absolute Gasteiger partial charge is 0.0737 e. The fourth-order valence-corrected chi connectivity index (χ4v) is 10.7. The monoisotopic (exact) mass is 663 g/mol. The molecule has 1 atom stereocenters. The van der Waals surface area contributed by atoms with E-state index in [2.05, 4.69) is 181 Å². The van der Waals surface area contributed by atoms with Crippen LogP contribution in [0.4, 0.5) is 17.1 Å². The molecule has 1 nitrogen and oxygen atoms in total. The SMILES string of the molecule is c1ccc(N(c2ccc(-c3ccc4c(c3)C35c6ccccc6-c6cccc(c63)-c3cccc-4c35)cc2)c2ccc3sc4ccccc4c3c2)cc1. The molecule has 3 aliphatic rings. The lowest BCUT2D eigenvalue weighted by Crippen LogP contribution is -2.23. The number of benzene rings is 8. The van der Waals surface area contributed by atoms with Gasteiger partial charge in [-0.25, -0.2) is 0 Å². The first-order valence-corrected chi connectivity index (χ1v) is 18.5. The largest absolute Gasteiger partial charge is 0.310 e. The molecule has 0 saturated heterocycles. The molecule has 1 aromatic heterocycles. The quantitative estimate of drug-likeness (QED) is 0.181. The molecule has 0 amide bonds.